The lowest BCUT2D eigenvalue weighted by atomic mass is 9.94. The first-order chi connectivity index (χ1) is 9.75. The molecule has 4 heteroatoms. The largest absolute Gasteiger partial charge is 0.469 e. The van der Waals surface area contributed by atoms with Gasteiger partial charge in [0.2, 0.25) is 5.91 Å². The summed E-state index contributed by atoms with van der Waals surface area (Å²) in [5.41, 5.74) is 0.567. The highest BCUT2D eigenvalue weighted by atomic mass is 16.5. The van der Waals surface area contributed by atoms with Crippen LogP contribution in [0.5, 0.6) is 0 Å². The molecule has 21 heavy (non-hydrogen) atoms. The Morgan fingerprint density at radius 3 is 2.24 bits per heavy atom. The average molecular weight is 291 g/mol. The van der Waals surface area contributed by atoms with Crippen molar-refractivity contribution in [3.63, 3.8) is 0 Å². The molecule has 0 N–H and O–H groups in total. The summed E-state index contributed by atoms with van der Waals surface area (Å²) in [5.74, 6) is -0.609. The van der Waals surface area contributed by atoms with Crippen LogP contribution in [0.25, 0.3) is 0 Å². The van der Waals surface area contributed by atoms with E-state index in [4.69, 9.17) is 4.74 Å². The van der Waals surface area contributed by atoms with Crippen LogP contribution < -0.4 is 0 Å². The second-order valence-electron chi connectivity index (χ2n) is 6.35. The van der Waals surface area contributed by atoms with Gasteiger partial charge in [-0.15, -0.1) is 0 Å². The number of rotatable bonds is 5. The first-order valence-corrected chi connectivity index (χ1v) is 7.17. The summed E-state index contributed by atoms with van der Waals surface area (Å²) in [5, 5.41) is 0. The molecule has 0 aliphatic heterocycles. The molecule has 0 saturated carbocycles. The molecule has 1 aromatic rings. The highest BCUT2D eigenvalue weighted by Gasteiger charge is 2.29. The molecule has 0 radical (unpaired) electrons. The van der Waals surface area contributed by atoms with Crippen molar-refractivity contribution in [2.24, 2.45) is 11.3 Å². The van der Waals surface area contributed by atoms with Gasteiger partial charge in [-0.2, -0.15) is 0 Å². The summed E-state index contributed by atoms with van der Waals surface area (Å²) in [4.78, 5) is 25.9. The maximum absolute atomic E-state index is 12.6. The standard InChI is InChI=1S/C17H25NO3/c1-13(15(19)21-5)11-18(16(20)17(2,3)4)12-14-9-7-6-8-10-14/h6-10,13H,11-12H2,1-5H3. The summed E-state index contributed by atoms with van der Waals surface area (Å²) < 4.78 is 4.75. The number of esters is 1. The van der Waals surface area contributed by atoms with E-state index in [1.807, 2.05) is 51.1 Å². The van der Waals surface area contributed by atoms with Gasteiger partial charge < -0.3 is 9.64 Å². The van der Waals surface area contributed by atoms with E-state index >= 15 is 0 Å². The smallest absolute Gasteiger partial charge is 0.310 e. The Labute approximate surface area is 127 Å². The predicted molar refractivity (Wildman–Crippen MR) is 82.5 cm³/mol. The molecule has 0 aromatic heterocycles. The van der Waals surface area contributed by atoms with Crippen LogP contribution in [0.2, 0.25) is 0 Å². The summed E-state index contributed by atoms with van der Waals surface area (Å²) in [7, 11) is 1.37. The van der Waals surface area contributed by atoms with Gasteiger partial charge in [-0.1, -0.05) is 58.0 Å². The maximum Gasteiger partial charge on any atom is 0.310 e. The number of carbonyl (C=O) groups excluding carboxylic acids is 2. The van der Waals surface area contributed by atoms with Gasteiger partial charge in [0.15, 0.2) is 0 Å². The van der Waals surface area contributed by atoms with Crippen molar-refractivity contribution in [3.05, 3.63) is 35.9 Å². The molecule has 4 nitrogen and oxygen atoms in total. The van der Waals surface area contributed by atoms with Crippen molar-refractivity contribution in [1.29, 1.82) is 0 Å². The van der Waals surface area contributed by atoms with E-state index in [9.17, 15) is 9.59 Å². The van der Waals surface area contributed by atoms with Gasteiger partial charge in [0.05, 0.1) is 13.0 Å². The maximum atomic E-state index is 12.6. The number of nitrogens with zero attached hydrogens (tertiary/aromatic N) is 1. The number of amides is 1. The Morgan fingerprint density at radius 2 is 1.76 bits per heavy atom. The van der Waals surface area contributed by atoms with E-state index in [-0.39, 0.29) is 17.8 Å². The van der Waals surface area contributed by atoms with Crippen LogP contribution in [-0.4, -0.2) is 30.4 Å². The van der Waals surface area contributed by atoms with E-state index in [0.717, 1.165) is 5.56 Å². The first-order valence-electron chi connectivity index (χ1n) is 7.17. The third kappa shape index (κ3) is 5.21. The summed E-state index contributed by atoms with van der Waals surface area (Å²) in [6.45, 7) is 8.29. The van der Waals surface area contributed by atoms with E-state index in [1.165, 1.54) is 7.11 Å². The average Bonchev–Trinajstić information content (AvgIpc) is 2.44. The van der Waals surface area contributed by atoms with Crippen LogP contribution >= 0.6 is 0 Å². The number of carbonyl (C=O) groups is 2. The minimum atomic E-state index is -0.482. The van der Waals surface area contributed by atoms with Gasteiger partial charge in [0.1, 0.15) is 0 Å². The van der Waals surface area contributed by atoms with Crippen molar-refractivity contribution in [3.8, 4) is 0 Å². The Bertz CT molecular complexity index is 477. The van der Waals surface area contributed by atoms with Crippen molar-refractivity contribution >= 4 is 11.9 Å². The SMILES string of the molecule is COC(=O)C(C)CN(Cc1ccccc1)C(=O)C(C)(C)C. The second-order valence-corrected chi connectivity index (χ2v) is 6.35. The van der Waals surface area contributed by atoms with E-state index in [2.05, 4.69) is 0 Å². The third-order valence-corrected chi connectivity index (χ3v) is 3.24. The summed E-state index contributed by atoms with van der Waals surface area (Å²) in [6, 6.07) is 9.78. The van der Waals surface area contributed by atoms with E-state index in [0.29, 0.717) is 13.1 Å². The number of ether oxygens (including phenoxy) is 1. The number of hydrogen-bond donors (Lipinski definition) is 0. The van der Waals surface area contributed by atoms with Crippen molar-refractivity contribution < 1.29 is 14.3 Å². The highest BCUT2D eigenvalue weighted by molar-refractivity contribution is 5.82. The summed E-state index contributed by atoms with van der Waals surface area (Å²) in [6.07, 6.45) is 0. The van der Waals surface area contributed by atoms with Crippen LogP contribution in [0.3, 0.4) is 0 Å². The monoisotopic (exact) mass is 291 g/mol. The molecule has 1 rings (SSSR count). The topological polar surface area (TPSA) is 46.6 Å². The van der Waals surface area contributed by atoms with Gasteiger partial charge in [-0.3, -0.25) is 9.59 Å². The molecule has 1 atom stereocenters. The highest BCUT2D eigenvalue weighted by Crippen LogP contribution is 2.20. The van der Waals surface area contributed by atoms with Gasteiger partial charge in [0, 0.05) is 18.5 Å². The zero-order valence-corrected chi connectivity index (χ0v) is 13.6. The molecule has 0 heterocycles. The minimum Gasteiger partial charge on any atom is -0.469 e. The van der Waals surface area contributed by atoms with Crippen molar-refractivity contribution in [1.82, 2.24) is 4.90 Å². The second kappa shape index (κ2) is 7.25. The zero-order valence-electron chi connectivity index (χ0n) is 13.6. The Hall–Kier alpha value is -1.84. The molecule has 0 aliphatic carbocycles. The molecule has 0 fully saturated rings. The number of methoxy groups -OCH3 is 1. The molecular weight excluding hydrogens is 266 g/mol. The molecule has 1 unspecified atom stereocenters. The Kier molecular flexibility index (Phi) is 5.94. The van der Waals surface area contributed by atoms with Gasteiger partial charge in [-0.05, 0) is 5.56 Å². The quantitative estimate of drug-likeness (QED) is 0.784. The normalized spacial score (nSPS) is 12.6. The van der Waals surface area contributed by atoms with Gasteiger partial charge >= 0.3 is 5.97 Å². The fourth-order valence-corrected chi connectivity index (χ4v) is 2.10. The minimum absolute atomic E-state index is 0.0297. The van der Waals surface area contributed by atoms with Crippen LogP contribution in [-0.2, 0) is 20.9 Å². The predicted octanol–water partition coefficient (Wildman–Crippen LogP) is 2.87. The molecule has 0 aliphatic rings. The Balaban J connectivity index is 2.90. The summed E-state index contributed by atoms with van der Waals surface area (Å²) >= 11 is 0. The molecule has 0 saturated heterocycles. The number of benzene rings is 1. The fraction of sp³-hybridized carbons (Fsp3) is 0.529. The lowest BCUT2D eigenvalue weighted by Crippen LogP contribution is -2.42. The molecule has 1 aromatic carbocycles. The Morgan fingerprint density at radius 1 is 1.19 bits per heavy atom. The molecular formula is C17H25NO3. The molecule has 0 bridgehead atoms. The van der Waals surface area contributed by atoms with Gasteiger partial charge in [0.25, 0.3) is 0 Å². The van der Waals surface area contributed by atoms with Crippen LogP contribution in [0.1, 0.15) is 33.3 Å². The number of hydrogen-bond acceptors (Lipinski definition) is 3. The van der Waals surface area contributed by atoms with Crippen LogP contribution in [0.15, 0.2) is 30.3 Å². The van der Waals surface area contributed by atoms with Crippen LogP contribution in [0.4, 0.5) is 0 Å². The van der Waals surface area contributed by atoms with E-state index < -0.39 is 5.41 Å². The lowest BCUT2D eigenvalue weighted by molar-refractivity contribution is -0.148. The molecule has 1 amide bonds. The molecule has 116 valence electrons. The van der Waals surface area contributed by atoms with Crippen molar-refractivity contribution in [2.75, 3.05) is 13.7 Å². The van der Waals surface area contributed by atoms with E-state index in [1.54, 1.807) is 11.8 Å². The van der Waals surface area contributed by atoms with Crippen molar-refractivity contribution in [2.45, 2.75) is 34.2 Å². The lowest BCUT2D eigenvalue weighted by Gasteiger charge is -2.31. The van der Waals surface area contributed by atoms with Gasteiger partial charge in [-0.25, -0.2) is 0 Å². The van der Waals surface area contributed by atoms with Crippen LogP contribution in [0, 0.1) is 11.3 Å². The third-order valence-electron chi connectivity index (χ3n) is 3.24. The molecule has 0 spiro atoms. The fourth-order valence-electron chi connectivity index (χ4n) is 2.10. The first kappa shape index (κ1) is 17.2. The zero-order chi connectivity index (χ0) is 16.0.